The maximum absolute atomic E-state index is 11.5. The minimum atomic E-state index is 0.0290. The number of aryl methyl sites for hydroxylation is 1. The Morgan fingerprint density at radius 3 is 2.47 bits per heavy atom. The van der Waals surface area contributed by atoms with Gasteiger partial charge in [0, 0.05) is 20.2 Å². The summed E-state index contributed by atoms with van der Waals surface area (Å²) in [5, 5.41) is 5.91. The Morgan fingerprint density at radius 1 is 1.16 bits per heavy atom. The Kier molecular flexibility index (Phi) is 7.86. The number of carbonyl (C=O) groups excluding carboxylic acids is 1. The molecule has 1 rings (SSSR count). The molecule has 0 atom stereocenters. The van der Waals surface area contributed by atoms with Crippen LogP contribution in [-0.4, -0.2) is 39.3 Å². The van der Waals surface area contributed by atoms with Crippen LogP contribution in [0.2, 0.25) is 0 Å². The zero-order valence-electron chi connectivity index (χ0n) is 11.9. The van der Waals surface area contributed by atoms with Gasteiger partial charge in [-0.05, 0) is 24.0 Å². The number of benzene rings is 1. The molecule has 0 saturated heterocycles. The zero-order valence-corrected chi connectivity index (χ0v) is 11.9. The first-order chi connectivity index (χ1) is 9.26. The molecule has 1 aromatic carbocycles. The minimum absolute atomic E-state index is 0.0290. The smallest absolute Gasteiger partial charge is 0.233 e. The minimum Gasteiger partial charge on any atom is -0.383 e. The standard InChI is InChI=1S/C15H24N2O2/c1-3-13-4-6-14(7-5-13)8-9-17-15(18)12-16-10-11-19-2/h4-7,16H,3,8-12H2,1-2H3,(H,17,18). The summed E-state index contributed by atoms with van der Waals surface area (Å²) in [7, 11) is 1.64. The van der Waals surface area contributed by atoms with Gasteiger partial charge in [0.15, 0.2) is 0 Å². The number of methoxy groups -OCH3 is 1. The van der Waals surface area contributed by atoms with Crippen LogP contribution >= 0.6 is 0 Å². The van der Waals surface area contributed by atoms with E-state index in [0.29, 0.717) is 26.2 Å². The average Bonchev–Trinajstić information content (AvgIpc) is 2.44. The van der Waals surface area contributed by atoms with E-state index in [1.165, 1.54) is 11.1 Å². The van der Waals surface area contributed by atoms with E-state index in [4.69, 9.17) is 4.74 Å². The number of hydrogen-bond donors (Lipinski definition) is 2. The summed E-state index contributed by atoms with van der Waals surface area (Å²) in [6, 6.07) is 8.54. The first-order valence-electron chi connectivity index (χ1n) is 6.80. The van der Waals surface area contributed by atoms with Gasteiger partial charge in [-0.25, -0.2) is 0 Å². The maximum Gasteiger partial charge on any atom is 0.233 e. The van der Waals surface area contributed by atoms with Gasteiger partial charge in [0.25, 0.3) is 0 Å². The van der Waals surface area contributed by atoms with Crippen LogP contribution in [0, 0.1) is 0 Å². The molecule has 0 aliphatic carbocycles. The lowest BCUT2D eigenvalue weighted by molar-refractivity contribution is -0.120. The summed E-state index contributed by atoms with van der Waals surface area (Å²) in [5.41, 5.74) is 2.60. The highest BCUT2D eigenvalue weighted by atomic mass is 16.5. The third kappa shape index (κ3) is 6.94. The first kappa shape index (κ1) is 15.7. The van der Waals surface area contributed by atoms with Crippen molar-refractivity contribution >= 4 is 5.91 Å². The summed E-state index contributed by atoms with van der Waals surface area (Å²) in [6.45, 7) is 4.49. The first-order valence-corrected chi connectivity index (χ1v) is 6.80. The molecule has 4 nitrogen and oxygen atoms in total. The number of nitrogens with one attached hydrogen (secondary N) is 2. The second-order valence-corrected chi connectivity index (χ2v) is 4.44. The van der Waals surface area contributed by atoms with Crippen molar-refractivity contribution in [1.29, 1.82) is 0 Å². The van der Waals surface area contributed by atoms with Gasteiger partial charge in [-0.15, -0.1) is 0 Å². The molecule has 0 spiro atoms. The number of amides is 1. The molecule has 1 aromatic rings. The molecule has 0 heterocycles. The highest BCUT2D eigenvalue weighted by Gasteiger charge is 2.00. The fraction of sp³-hybridized carbons (Fsp3) is 0.533. The topological polar surface area (TPSA) is 50.4 Å². The summed E-state index contributed by atoms with van der Waals surface area (Å²) in [5.74, 6) is 0.0290. The molecule has 106 valence electrons. The van der Waals surface area contributed by atoms with Crippen molar-refractivity contribution in [3.8, 4) is 0 Å². The van der Waals surface area contributed by atoms with Crippen molar-refractivity contribution in [3.05, 3.63) is 35.4 Å². The van der Waals surface area contributed by atoms with Crippen LogP contribution in [0.1, 0.15) is 18.1 Å². The summed E-state index contributed by atoms with van der Waals surface area (Å²) in [4.78, 5) is 11.5. The Balaban J connectivity index is 2.13. The van der Waals surface area contributed by atoms with E-state index < -0.39 is 0 Å². The predicted octanol–water partition coefficient (Wildman–Crippen LogP) is 1.14. The monoisotopic (exact) mass is 264 g/mol. The van der Waals surface area contributed by atoms with Crippen molar-refractivity contribution in [1.82, 2.24) is 10.6 Å². The van der Waals surface area contributed by atoms with E-state index in [1.54, 1.807) is 7.11 Å². The Hall–Kier alpha value is -1.39. The second-order valence-electron chi connectivity index (χ2n) is 4.44. The van der Waals surface area contributed by atoms with E-state index in [2.05, 4.69) is 41.8 Å². The summed E-state index contributed by atoms with van der Waals surface area (Å²) >= 11 is 0. The highest BCUT2D eigenvalue weighted by Crippen LogP contribution is 2.05. The molecule has 0 radical (unpaired) electrons. The second kappa shape index (κ2) is 9.53. The van der Waals surface area contributed by atoms with Crippen molar-refractivity contribution in [2.24, 2.45) is 0 Å². The van der Waals surface area contributed by atoms with Gasteiger partial charge in [0.05, 0.1) is 13.2 Å². The molecule has 0 unspecified atom stereocenters. The molecule has 4 heteroatoms. The van der Waals surface area contributed by atoms with E-state index >= 15 is 0 Å². The van der Waals surface area contributed by atoms with Gasteiger partial charge >= 0.3 is 0 Å². The molecule has 1 amide bonds. The SMILES string of the molecule is CCc1ccc(CCNC(=O)CNCCOC)cc1. The van der Waals surface area contributed by atoms with Crippen molar-refractivity contribution in [2.45, 2.75) is 19.8 Å². The van der Waals surface area contributed by atoms with Gasteiger partial charge in [0.1, 0.15) is 0 Å². The van der Waals surface area contributed by atoms with Gasteiger partial charge < -0.3 is 15.4 Å². The molecule has 0 saturated carbocycles. The maximum atomic E-state index is 11.5. The largest absolute Gasteiger partial charge is 0.383 e. The molecule has 19 heavy (non-hydrogen) atoms. The van der Waals surface area contributed by atoms with Crippen LogP contribution in [0.15, 0.2) is 24.3 Å². The van der Waals surface area contributed by atoms with Crippen LogP contribution in [0.5, 0.6) is 0 Å². The number of carbonyl (C=O) groups is 1. The normalized spacial score (nSPS) is 10.4. The lowest BCUT2D eigenvalue weighted by atomic mass is 10.1. The Bertz CT molecular complexity index is 363. The molecule has 0 bridgehead atoms. The summed E-state index contributed by atoms with van der Waals surface area (Å²) in [6.07, 6.45) is 1.93. The van der Waals surface area contributed by atoms with E-state index in [0.717, 1.165) is 12.8 Å². The molecule has 0 aliphatic heterocycles. The quantitative estimate of drug-likeness (QED) is 0.658. The van der Waals surface area contributed by atoms with Crippen LogP contribution < -0.4 is 10.6 Å². The molecule has 2 N–H and O–H groups in total. The number of hydrogen-bond acceptors (Lipinski definition) is 3. The number of ether oxygens (including phenoxy) is 1. The van der Waals surface area contributed by atoms with Gasteiger partial charge in [0.2, 0.25) is 5.91 Å². The summed E-state index contributed by atoms with van der Waals surface area (Å²) < 4.78 is 4.89. The average molecular weight is 264 g/mol. The van der Waals surface area contributed by atoms with E-state index in [-0.39, 0.29) is 5.91 Å². The molecular formula is C15H24N2O2. The fourth-order valence-electron chi connectivity index (χ4n) is 1.73. The van der Waals surface area contributed by atoms with Crippen LogP contribution in [0.25, 0.3) is 0 Å². The third-order valence-corrected chi connectivity index (χ3v) is 2.94. The van der Waals surface area contributed by atoms with Crippen molar-refractivity contribution in [3.63, 3.8) is 0 Å². The van der Waals surface area contributed by atoms with Crippen molar-refractivity contribution < 1.29 is 9.53 Å². The van der Waals surface area contributed by atoms with Gasteiger partial charge in [-0.3, -0.25) is 4.79 Å². The molecule has 0 fully saturated rings. The van der Waals surface area contributed by atoms with Crippen LogP contribution in [-0.2, 0) is 22.4 Å². The predicted molar refractivity (Wildman–Crippen MR) is 77.3 cm³/mol. The number of rotatable bonds is 9. The van der Waals surface area contributed by atoms with Crippen LogP contribution in [0.3, 0.4) is 0 Å². The third-order valence-electron chi connectivity index (χ3n) is 2.94. The Labute approximate surface area is 115 Å². The molecule has 0 aromatic heterocycles. The fourth-order valence-corrected chi connectivity index (χ4v) is 1.73. The molecule has 0 aliphatic rings. The lowest BCUT2D eigenvalue weighted by Crippen LogP contribution is -2.36. The van der Waals surface area contributed by atoms with Crippen LogP contribution in [0.4, 0.5) is 0 Å². The zero-order chi connectivity index (χ0) is 13.9. The van der Waals surface area contributed by atoms with Gasteiger partial charge in [-0.1, -0.05) is 31.2 Å². The highest BCUT2D eigenvalue weighted by molar-refractivity contribution is 5.77. The van der Waals surface area contributed by atoms with E-state index in [1.807, 2.05) is 0 Å². The van der Waals surface area contributed by atoms with Gasteiger partial charge in [-0.2, -0.15) is 0 Å². The lowest BCUT2D eigenvalue weighted by Gasteiger charge is -2.07. The Morgan fingerprint density at radius 2 is 1.84 bits per heavy atom. The van der Waals surface area contributed by atoms with Crippen molar-refractivity contribution in [2.75, 3.05) is 33.4 Å². The molecular weight excluding hydrogens is 240 g/mol. The van der Waals surface area contributed by atoms with E-state index in [9.17, 15) is 4.79 Å².